The van der Waals surface area contributed by atoms with Gasteiger partial charge in [0.2, 0.25) is 0 Å². The molecule has 0 radical (unpaired) electrons. The SMILES string of the molecule is O=C1NC(=O)C2(CC(CO)Oc3ccc(Cl)cc32)N1. The maximum absolute atomic E-state index is 12.1. The Bertz CT molecular complexity index is 577. The molecule has 3 N–H and O–H groups in total. The lowest BCUT2D eigenvalue weighted by Crippen LogP contribution is -2.51. The Labute approximate surface area is 113 Å². The highest BCUT2D eigenvalue weighted by molar-refractivity contribution is 6.30. The summed E-state index contributed by atoms with van der Waals surface area (Å²) in [7, 11) is 0. The molecule has 2 unspecified atom stereocenters. The van der Waals surface area contributed by atoms with Crippen LogP contribution in [0.2, 0.25) is 5.02 Å². The van der Waals surface area contributed by atoms with E-state index >= 15 is 0 Å². The lowest BCUT2D eigenvalue weighted by molar-refractivity contribution is -0.126. The van der Waals surface area contributed by atoms with Gasteiger partial charge in [0.1, 0.15) is 11.9 Å². The van der Waals surface area contributed by atoms with E-state index in [-0.39, 0.29) is 13.0 Å². The lowest BCUT2D eigenvalue weighted by atomic mass is 9.82. The molecule has 0 bridgehead atoms. The van der Waals surface area contributed by atoms with E-state index in [0.717, 1.165) is 0 Å². The lowest BCUT2D eigenvalue weighted by Gasteiger charge is -2.37. The predicted molar refractivity (Wildman–Crippen MR) is 65.9 cm³/mol. The first-order valence-corrected chi connectivity index (χ1v) is 6.14. The van der Waals surface area contributed by atoms with Crippen LogP contribution in [0.15, 0.2) is 18.2 Å². The third-order valence-electron chi connectivity index (χ3n) is 3.37. The van der Waals surface area contributed by atoms with E-state index in [9.17, 15) is 14.7 Å². The van der Waals surface area contributed by atoms with Gasteiger partial charge in [-0.3, -0.25) is 10.1 Å². The van der Waals surface area contributed by atoms with Crippen molar-refractivity contribution in [3.05, 3.63) is 28.8 Å². The number of fused-ring (bicyclic) bond motifs is 2. The standard InChI is InChI=1S/C12H11ClN2O4/c13-6-1-2-9-8(3-6)12(4-7(5-16)19-9)10(17)14-11(18)15-12/h1-3,7,16H,4-5H2,(H2,14,15,17,18). The molecule has 0 aromatic heterocycles. The molecule has 1 saturated heterocycles. The molecule has 0 saturated carbocycles. The number of hydrogen-bond acceptors (Lipinski definition) is 4. The molecule has 2 aliphatic rings. The van der Waals surface area contributed by atoms with Crippen LogP contribution in [0.5, 0.6) is 5.75 Å². The number of amides is 3. The summed E-state index contributed by atoms with van der Waals surface area (Å²) in [5, 5.41) is 14.5. The highest BCUT2D eigenvalue weighted by atomic mass is 35.5. The topological polar surface area (TPSA) is 87.7 Å². The van der Waals surface area contributed by atoms with Crippen LogP contribution >= 0.6 is 11.6 Å². The van der Waals surface area contributed by atoms with Crippen LogP contribution in [-0.4, -0.2) is 29.8 Å². The molecule has 6 nitrogen and oxygen atoms in total. The van der Waals surface area contributed by atoms with Gasteiger partial charge in [0, 0.05) is 17.0 Å². The molecule has 1 aromatic rings. The molecule has 3 rings (SSSR count). The normalized spacial score (nSPS) is 28.6. The van der Waals surface area contributed by atoms with E-state index in [1.54, 1.807) is 18.2 Å². The van der Waals surface area contributed by atoms with Gasteiger partial charge in [0.05, 0.1) is 6.61 Å². The molecule has 100 valence electrons. The zero-order chi connectivity index (χ0) is 13.6. The molecule has 2 heterocycles. The summed E-state index contributed by atoms with van der Waals surface area (Å²) in [6.07, 6.45) is -0.396. The zero-order valence-corrected chi connectivity index (χ0v) is 10.5. The van der Waals surface area contributed by atoms with Crippen molar-refractivity contribution in [1.82, 2.24) is 10.6 Å². The van der Waals surface area contributed by atoms with Crippen LogP contribution in [0.25, 0.3) is 0 Å². The second-order valence-corrected chi connectivity index (χ2v) is 5.02. The summed E-state index contributed by atoms with van der Waals surface area (Å²) in [4.78, 5) is 23.6. The third-order valence-corrected chi connectivity index (χ3v) is 3.61. The number of imide groups is 1. The molecule has 0 aliphatic carbocycles. The smallest absolute Gasteiger partial charge is 0.322 e. The number of aliphatic hydroxyl groups is 1. The van der Waals surface area contributed by atoms with Gasteiger partial charge in [0.15, 0.2) is 5.54 Å². The molecular formula is C12H11ClN2O4. The number of carbonyl (C=O) groups excluding carboxylic acids is 2. The number of nitrogens with one attached hydrogen (secondary N) is 2. The van der Waals surface area contributed by atoms with Gasteiger partial charge in [0.25, 0.3) is 5.91 Å². The molecule has 1 spiro atoms. The summed E-state index contributed by atoms with van der Waals surface area (Å²) >= 11 is 5.94. The van der Waals surface area contributed by atoms with Crippen molar-refractivity contribution in [2.75, 3.05) is 6.61 Å². The van der Waals surface area contributed by atoms with Gasteiger partial charge in [-0.15, -0.1) is 0 Å². The van der Waals surface area contributed by atoms with Crippen LogP contribution < -0.4 is 15.4 Å². The van der Waals surface area contributed by atoms with Crippen molar-refractivity contribution in [1.29, 1.82) is 0 Å². The van der Waals surface area contributed by atoms with Crippen LogP contribution in [-0.2, 0) is 10.3 Å². The second kappa shape index (κ2) is 4.11. The highest BCUT2D eigenvalue weighted by Gasteiger charge is 2.53. The van der Waals surface area contributed by atoms with Crippen LogP contribution in [0.3, 0.4) is 0 Å². The van der Waals surface area contributed by atoms with Crippen molar-refractivity contribution in [2.24, 2.45) is 0 Å². The van der Waals surface area contributed by atoms with Crippen molar-refractivity contribution < 1.29 is 19.4 Å². The average Bonchev–Trinajstić information content (AvgIpc) is 2.65. The van der Waals surface area contributed by atoms with E-state index in [0.29, 0.717) is 16.3 Å². The molecule has 7 heteroatoms. The Balaban J connectivity index is 2.17. The summed E-state index contributed by atoms with van der Waals surface area (Å²) < 4.78 is 5.57. The van der Waals surface area contributed by atoms with E-state index in [1.807, 2.05) is 0 Å². The van der Waals surface area contributed by atoms with Crippen LogP contribution in [0.4, 0.5) is 4.79 Å². The minimum Gasteiger partial charge on any atom is -0.488 e. The summed E-state index contributed by atoms with van der Waals surface area (Å²) in [6.45, 7) is -0.243. The van der Waals surface area contributed by atoms with E-state index in [2.05, 4.69) is 10.6 Å². The first-order valence-electron chi connectivity index (χ1n) is 5.76. The number of rotatable bonds is 1. The van der Waals surface area contributed by atoms with Crippen molar-refractivity contribution in [3.63, 3.8) is 0 Å². The Kier molecular flexibility index (Phi) is 2.65. The number of hydrogen-bond donors (Lipinski definition) is 3. The number of aliphatic hydroxyl groups excluding tert-OH is 1. The molecule has 1 fully saturated rings. The molecule has 1 aromatic carbocycles. The Morgan fingerprint density at radius 3 is 2.89 bits per heavy atom. The van der Waals surface area contributed by atoms with Gasteiger partial charge >= 0.3 is 6.03 Å². The van der Waals surface area contributed by atoms with E-state index in [1.165, 1.54) is 0 Å². The fourth-order valence-corrected chi connectivity index (χ4v) is 2.71. The molecular weight excluding hydrogens is 272 g/mol. The molecule has 19 heavy (non-hydrogen) atoms. The number of urea groups is 1. The monoisotopic (exact) mass is 282 g/mol. The zero-order valence-electron chi connectivity index (χ0n) is 9.77. The minimum absolute atomic E-state index is 0.161. The Morgan fingerprint density at radius 1 is 1.47 bits per heavy atom. The maximum atomic E-state index is 12.1. The van der Waals surface area contributed by atoms with Crippen molar-refractivity contribution in [2.45, 2.75) is 18.1 Å². The Morgan fingerprint density at radius 2 is 2.26 bits per heavy atom. The first kappa shape index (κ1) is 12.3. The number of benzene rings is 1. The van der Waals surface area contributed by atoms with Gasteiger partial charge in [-0.1, -0.05) is 11.6 Å². The predicted octanol–water partition coefficient (Wildman–Crippen LogP) is 0.518. The van der Waals surface area contributed by atoms with Crippen LogP contribution in [0.1, 0.15) is 12.0 Å². The number of ether oxygens (including phenoxy) is 1. The van der Waals surface area contributed by atoms with Gasteiger partial charge in [-0.25, -0.2) is 4.79 Å². The molecule has 3 amide bonds. The quantitative estimate of drug-likeness (QED) is 0.655. The van der Waals surface area contributed by atoms with Gasteiger partial charge in [-0.05, 0) is 18.2 Å². The van der Waals surface area contributed by atoms with Crippen molar-refractivity contribution in [3.8, 4) is 5.75 Å². The Hall–Kier alpha value is -1.79. The third kappa shape index (κ3) is 1.75. The summed E-state index contributed by atoms with van der Waals surface area (Å²) in [6, 6.07) is 4.28. The van der Waals surface area contributed by atoms with E-state index < -0.39 is 23.6 Å². The largest absolute Gasteiger partial charge is 0.488 e. The average molecular weight is 283 g/mol. The van der Waals surface area contributed by atoms with Gasteiger partial charge in [-0.2, -0.15) is 0 Å². The fraction of sp³-hybridized carbons (Fsp3) is 0.333. The van der Waals surface area contributed by atoms with E-state index in [4.69, 9.17) is 16.3 Å². The minimum atomic E-state index is -1.22. The summed E-state index contributed by atoms with van der Waals surface area (Å²) in [5.41, 5.74) is -0.712. The fourth-order valence-electron chi connectivity index (χ4n) is 2.54. The molecule has 2 aliphatic heterocycles. The van der Waals surface area contributed by atoms with Crippen molar-refractivity contribution >= 4 is 23.5 Å². The first-order chi connectivity index (χ1) is 9.05. The maximum Gasteiger partial charge on any atom is 0.322 e. The summed E-state index contributed by atoms with van der Waals surface area (Å²) in [5.74, 6) is -0.0187. The second-order valence-electron chi connectivity index (χ2n) is 4.58. The number of halogens is 1. The highest BCUT2D eigenvalue weighted by Crippen LogP contribution is 2.42. The molecule has 2 atom stereocenters. The van der Waals surface area contributed by atoms with Crippen LogP contribution in [0, 0.1) is 0 Å². The number of carbonyl (C=O) groups is 2. The van der Waals surface area contributed by atoms with Gasteiger partial charge < -0.3 is 15.2 Å².